The second-order valence-electron chi connectivity index (χ2n) is 7.53. The third kappa shape index (κ3) is 4.38. The number of pyridine rings is 1. The molecule has 2 heterocycles. The first-order valence-corrected chi connectivity index (χ1v) is 10.3. The highest BCUT2D eigenvalue weighted by atomic mass is 19.1. The maximum absolute atomic E-state index is 13.3. The summed E-state index contributed by atoms with van der Waals surface area (Å²) in [5.74, 6) is 1.21. The number of carbonyl (C=O) groups excluding carboxylic acids is 1. The average molecular weight is 420 g/mol. The van der Waals surface area contributed by atoms with Gasteiger partial charge in [-0.05, 0) is 61.4 Å². The van der Waals surface area contributed by atoms with Crippen molar-refractivity contribution in [1.82, 2.24) is 9.88 Å². The Hall–Kier alpha value is -3.41. The van der Waals surface area contributed by atoms with Crippen LogP contribution in [0.2, 0.25) is 0 Å². The van der Waals surface area contributed by atoms with Gasteiger partial charge >= 0.3 is 0 Å². The first-order chi connectivity index (χ1) is 15.1. The number of aromatic nitrogens is 1. The molecule has 0 N–H and O–H groups in total. The van der Waals surface area contributed by atoms with Gasteiger partial charge in [0.1, 0.15) is 17.3 Å². The quantitative estimate of drug-likeness (QED) is 0.553. The molecule has 0 bridgehead atoms. The molecule has 0 saturated carbocycles. The maximum atomic E-state index is 13.3. The number of hydrogen-bond acceptors (Lipinski definition) is 4. The highest BCUT2D eigenvalue weighted by Crippen LogP contribution is 2.42. The molecule has 3 aromatic rings. The topological polar surface area (TPSA) is 51.7 Å². The third-order valence-electron chi connectivity index (χ3n) is 5.64. The molecule has 1 unspecified atom stereocenters. The van der Waals surface area contributed by atoms with Crippen molar-refractivity contribution in [1.29, 1.82) is 0 Å². The zero-order valence-corrected chi connectivity index (χ0v) is 17.7. The van der Waals surface area contributed by atoms with Crippen LogP contribution in [0.3, 0.4) is 0 Å². The molecule has 31 heavy (non-hydrogen) atoms. The molecular formula is C25H25FN2O3. The highest BCUT2D eigenvalue weighted by molar-refractivity contribution is 5.78. The lowest BCUT2D eigenvalue weighted by atomic mass is 9.93. The van der Waals surface area contributed by atoms with E-state index in [1.165, 1.54) is 12.1 Å². The largest absolute Gasteiger partial charge is 0.496 e. The van der Waals surface area contributed by atoms with Gasteiger partial charge < -0.3 is 14.4 Å². The van der Waals surface area contributed by atoms with Crippen LogP contribution in [-0.4, -0.2) is 30.0 Å². The Kier molecular flexibility index (Phi) is 6.16. The Balaban J connectivity index is 1.67. The monoisotopic (exact) mass is 420 g/mol. The van der Waals surface area contributed by atoms with E-state index in [9.17, 15) is 9.18 Å². The van der Waals surface area contributed by atoms with Crippen LogP contribution in [0, 0.1) is 5.82 Å². The molecule has 5 nitrogen and oxygen atoms in total. The number of hydrogen-bond donors (Lipinski definition) is 0. The zero-order valence-electron chi connectivity index (χ0n) is 17.7. The lowest BCUT2D eigenvalue weighted by molar-refractivity contribution is -0.137. The van der Waals surface area contributed by atoms with E-state index in [0.717, 1.165) is 35.4 Å². The molecule has 1 aliphatic heterocycles. The molecule has 1 saturated heterocycles. The van der Waals surface area contributed by atoms with E-state index in [2.05, 4.69) is 0 Å². The highest BCUT2D eigenvalue weighted by Gasteiger charge is 2.33. The molecule has 1 fully saturated rings. The summed E-state index contributed by atoms with van der Waals surface area (Å²) in [6.07, 6.45) is 2.13. The fraction of sp³-hybridized carbons (Fsp3) is 0.280. The number of rotatable bonds is 6. The summed E-state index contributed by atoms with van der Waals surface area (Å²) < 4.78 is 24.5. The van der Waals surface area contributed by atoms with Crippen LogP contribution in [0.1, 0.15) is 36.6 Å². The number of piperidine rings is 1. The smallest absolute Gasteiger partial charge is 0.223 e. The van der Waals surface area contributed by atoms with E-state index < -0.39 is 0 Å². The van der Waals surface area contributed by atoms with Crippen LogP contribution < -0.4 is 9.47 Å². The Morgan fingerprint density at radius 3 is 2.35 bits per heavy atom. The van der Waals surface area contributed by atoms with Crippen LogP contribution >= 0.6 is 0 Å². The first kappa shape index (κ1) is 20.8. The Morgan fingerprint density at radius 2 is 1.68 bits per heavy atom. The number of halogens is 1. The summed E-state index contributed by atoms with van der Waals surface area (Å²) in [6.45, 7) is 0.375. The van der Waals surface area contributed by atoms with Crippen LogP contribution in [0.4, 0.5) is 4.39 Å². The second-order valence-corrected chi connectivity index (χ2v) is 7.53. The number of ether oxygens (including phenoxy) is 2. The lowest BCUT2D eigenvalue weighted by Crippen LogP contribution is -2.38. The van der Waals surface area contributed by atoms with Gasteiger partial charge in [0.15, 0.2) is 0 Å². The van der Waals surface area contributed by atoms with Crippen molar-refractivity contribution in [3.8, 4) is 22.8 Å². The van der Waals surface area contributed by atoms with Crippen LogP contribution in [-0.2, 0) is 11.3 Å². The molecule has 1 aromatic heterocycles. The second kappa shape index (κ2) is 9.16. The van der Waals surface area contributed by atoms with Gasteiger partial charge in [-0.2, -0.15) is 0 Å². The lowest BCUT2D eigenvalue weighted by Gasteiger charge is -2.37. The third-order valence-corrected chi connectivity index (χ3v) is 5.64. The van der Waals surface area contributed by atoms with Crippen molar-refractivity contribution < 1.29 is 18.7 Å². The van der Waals surface area contributed by atoms with Crippen molar-refractivity contribution in [2.75, 3.05) is 14.2 Å². The fourth-order valence-corrected chi connectivity index (χ4v) is 4.15. The molecule has 1 amide bonds. The van der Waals surface area contributed by atoms with Crippen LogP contribution in [0.5, 0.6) is 11.5 Å². The van der Waals surface area contributed by atoms with E-state index in [1.54, 1.807) is 26.4 Å². The van der Waals surface area contributed by atoms with Crippen molar-refractivity contribution in [2.24, 2.45) is 0 Å². The molecule has 160 valence electrons. The van der Waals surface area contributed by atoms with Gasteiger partial charge in [-0.1, -0.05) is 12.1 Å². The zero-order chi connectivity index (χ0) is 21.8. The molecule has 2 aromatic carbocycles. The first-order valence-electron chi connectivity index (χ1n) is 10.3. The predicted molar refractivity (Wildman–Crippen MR) is 116 cm³/mol. The summed E-state index contributed by atoms with van der Waals surface area (Å²) in [5.41, 5.74) is 3.23. The fourth-order valence-electron chi connectivity index (χ4n) is 4.15. The van der Waals surface area contributed by atoms with Crippen molar-refractivity contribution in [2.45, 2.75) is 31.8 Å². The number of amides is 1. The molecule has 0 radical (unpaired) electrons. The van der Waals surface area contributed by atoms with Crippen molar-refractivity contribution in [3.63, 3.8) is 0 Å². The van der Waals surface area contributed by atoms with Gasteiger partial charge in [-0.25, -0.2) is 4.39 Å². The molecule has 6 heteroatoms. The summed E-state index contributed by atoms with van der Waals surface area (Å²) in [5, 5.41) is 0. The van der Waals surface area contributed by atoms with E-state index in [0.29, 0.717) is 24.5 Å². The van der Waals surface area contributed by atoms with E-state index >= 15 is 0 Å². The Bertz CT molecular complexity index is 1050. The van der Waals surface area contributed by atoms with Crippen LogP contribution in [0.25, 0.3) is 11.3 Å². The van der Waals surface area contributed by atoms with Gasteiger partial charge in [0.2, 0.25) is 5.91 Å². The summed E-state index contributed by atoms with van der Waals surface area (Å²) in [7, 11) is 3.25. The predicted octanol–water partition coefficient (Wildman–Crippen LogP) is 5.16. The number of likely N-dealkylation sites (tertiary alicyclic amines) is 1. The molecule has 0 aliphatic carbocycles. The summed E-state index contributed by atoms with van der Waals surface area (Å²) in [6, 6.07) is 17.4. The van der Waals surface area contributed by atoms with Gasteiger partial charge in [-0.15, -0.1) is 0 Å². The Labute approximate surface area is 181 Å². The molecular weight excluding hydrogens is 395 g/mol. The number of nitrogens with zero attached hydrogens (tertiary/aromatic N) is 2. The summed E-state index contributed by atoms with van der Waals surface area (Å²) in [4.78, 5) is 19.5. The van der Waals surface area contributed by atoms with Gasteiger partial charge in [0.05, 0.1) is 43.8 Å². The minimum absolute atomic E-state index is 0.0817. The summed E-state index contributed by atoms with van der Waals surface area (Å²) >= 11 is 0. The number of benzene rings is 2. The SMILES string of the molecule is COc1cccc(OC)c1C1CCCC(=O)N1Cc1cccc(-c2ccc(F)cc2)n1. The minimum Gasteiger partial charge on any atom is -0.496 e. The standard InChI is InChI=1S/C25H25FN2O3/c1-30-22-9-5-10-23(31-2)25(22)21-8-4-11-24(29)28(21)16-19-6-3-7-20(27-19)17-12-14-18(26)15-13-17/h3,5-7,9-10,12-15,21H,4,8,11,16H2,1-2H3. The minimum atomic E-state index is -0.285. The van der Waals surface area contributed by atoms with Gasteiger partial charge in [0, 0.05) is 12.0 Å². The average Bonchev–Trinajstić information content (AvgIpc) is 2.80. The molecule has 1 aliphatic rings. The van der Waals surface area contributed by atoms with Gasteiger partial charge in [0.25, 0.3) is 0 Å². The maximum Gasteiger partial charge on any atom is 0.223 e. The van der Waals surface area contributed by atoms with Gasteiger partial charge in [-0.3, -0.25) is 9.78 Å². The molecule has 4 rings (SSSR count). The normalized spacial score (nSPS) is 16.3. The molecule has 0 spiro atoms. The number of carbonyl (C=O) groups is 1. The van der Waals surface area contributed by atoms with E-state index in [-0.39, 0.29) is 17.8 Å². The van der Waals surface area contributed by atoms with Crippen molar-refractivity contribution in [3.05, 3.63) is 77.7 Å². The Morgan fingerprint density at radius 1 is 1.00 bits per heavy atom. The van der Waals surface area contributed by atoms with E-state index in [1.807, 2.05) is 41.3 Å². The number of methoxy groups -OCH3 is 2. The van der Waals surface area contributed by atoms with Crippen LogP contribution in [0.15, 0.2) is 60.7 Å². The molecule has 1 atom stereocenters. The van der Waals surface area contributed by atoms with E-state index in [4.69, 9.17) is 14.5 Å². The van der Waals surface area contributed by atoms with Crippen molar-refractivity contribution >= 4 is 5.91 Å².